The average Bonchev–Trinajstić information content (AvgIpc) is 2.56. The summed E-state index contributed by atoms with van der Waals surface area (Å²) in [5.41, 5.74) is 0.234. The second-order valence-electron chi connectivity index (χ2n) is 5.21. The van der Waals surface area contributed by atoms with Gasteiger partial charge in [-0.05, 0) is 43.7 Å². The SMILES string of the molecule is CCN(C(=O)Nc1ccc(F)c(F)c1F)C(C)c1cccc(O)c1. The number of aromatic hydroxyl groups is 1. The molecule has 0 aromatic heterocycles. The molecule has 24 heavy (non-hydrogen) atoms. The summed E-state index contributed by atoms with van der Waals surface area (Å²) >= 11 is 0. The number of halogens is 3. The fourth-order valence-electron chi connectivity index (χ4n) is 2.37. The van der Waals surface area contributed by atoms with E-state index >= 15 is 0 Å². The van der Waals surface area contributed by atoms with Gasteiger partial charge >= 0.3 is 6.03 Å². The first-order chi connectivity index (χ1) is 11.3. The van der Waals surface area contributed by atoms with Crippen molar-refractivity contribution in [3.05, 3.63) is 59.4 Å². The molecule has 0 fully saturated rings. The van der Waals surface area contributed by atoms with Gasteiger partial charge < -0.3 is 15.3 Å². The summed E-state index contributed by atoms with van der Waals surface area (Å²) in [5, 5.41) is 11.8. The van der Waals surface area contributed by atoms with Gasteiger partial charge in [0.2, 0.25) is 0 Å². The van der Waals surface area contributed by atoms with Crippen LogP contribution in [0.5, 0.6) is 5.75 Å². The second kappa shape index (κ2) is 7.25. The first-order valence-electron chi connectivity index (χ1n) is 7.35. The van der Waals surface area contributed by atoms with Crippen LogP contribution in [-0.2, 0) is 0 Å². The zero-order valence-corrected chi connectivity index (χ0v) is 13.2. The molecule has 1 atom stereocenters. The van der Waals surface area contributed by atoms with E-state index in [2.05, 4.69) is 5.32 Å². The van der Waals surface area contributed by atoms with Gasteiger partial charge in [-0.1, -0.05) is 12.1 Å². The Morgan fingerprint density at radius 2 is 1.92 bits per heavy atom. The number of anilines is 1. The molecular formula is C17H17F3N2O2. The minimum atomic E-state index is -1.64. The van der Waals surface area contributed by atoms with E-state index in [-0.39, 0.29) is 12.3 Å². The number of benzene rings is 2. The number of hydrogen-bond donors (Lipinski definition) is 2. The lowest BCUT2D eigenvalue weighted by molar-refractivity contribution is 0.196. The Hall–Kier alpha value is -2.70. The van der Waals surface area contributed by atoms with Crippen LogP contribution in [0.3, 0.4) is 0 Å². The third-order valence-corrected chi connectivity index (χ3v) is 3.70. The largest absolute Gasteiger partial charge is 0.508 e. The fraction of sp³-hybridized carbons (Fsp3) is 0.235. The van der Waals surface area contributed by atoms with E-state index in [9.17, 15) is 23.1 Å². The Labute approximate surface area is 137 Å². The number of carbonyl (C=O) groups is 1. The topological polar surface area (TPSA) is 52.6 Å². The van der Waals surface area contributed by atoms with Crippen LogP contribution in [0.1, 0.15) is 25.5 Å². The zero-order valence-electron chi connectivity index (χ0n) is 13.2. The van der Waals surface area contributed by atoms with Crippen molar-refractivity contribution in [1.29, 1.82) is 0 Å². The van der Waals surface area contributed by atoms with Gasteiger partial charge in [-0.15, -0.1) is 0 Å². The maximum atomic E-state index is 13.7. The lowest BCUT2D eigenvalue weighted by atomic mass is 10.1. The van der Waals surface area contributed by atoms with Gasteiger partial charge in [0.1, 0.15) is 5.75 Å². The van der Waals surface area contributed by atoms with Crippen LogP contribution in [-0.4, -0.2) is 22.6 Å². The van der Waals surface area contributed by atoms with E-state index < -0.39 is 35.2 Å². The predicted octanol–water partition coefficient (Wildman–Crippen LogP) is 4.42. The molecule has 0 aliphatic carbocycles. The molecule has 2 N–H and O–H groups in total. The van der Waals surface area contributed by atoms with Crippen molar-refractivity contribution in [1.82, 2.24) is 4.90 Å². The number of phenols is 1. The molecule has 1 unspecified atom stereocenters. The highest BCUT2D eigenvalue weighted by molar-refractivity contribution is 5.89. The lowest BCUT2D eigenvalue weighted by Gasteiger charge is -2.28. The van der Waals surface area contributed by atoms with E-state index in [1.165, 1.54) is 17.0 Å². The minimum absolute atomic E-state index is 0.0578. The molecular weight excluding hydrogens is 321 g/mol. The molecule has 4 nitrogen and oxygen atoms in total. The molecule has 0 saturated carbocycles. The van der Waals surface area contributed by atoms with Crippen molar-refractivity contribution in [2.24, 2.45) is 0 Å². The van der Waals surface area contributed by atoms with E-state index in [0.717, 1.165) is 12.1 Å². The van der Waals surface area contributed by atoms with Crippen LogP contribution >= 0.6 is 0 Å². The Morgan fingerprint density at radius 1 is 1.21 bits per heavy atom. The predicted molar refractivity (Wildman–Crippen MR) is 84.2 cm³/mol. The average molecular weight is 338 g/mol. The number of amides is 2. The minimum Gasteiger partial charge on any atom is -0.508 e. The fourth-order valence-corrected chi connectivity index (χ4v) is 2.37. The maximum Gasteiger partial charge on any atom is 0.322 e. The number of rotatable bonds is 4. The smallest absolute Gasteiger partial charge is 0.322 e. The molecule has 0 bridgehead atoms. The first kappa shape index (κ1) is 17.7. The lowest BCUT2D eigenvalue weighted by Crippen LogP contribution is -2.37. The van der Waals surface area contributed by atoms with Gasteiger partial charge in [0, 0.05) is 6.54 Å². The summed E-state index contributed by atoms with van der Waals surface area (Å²) in [6.07, 6.45) is 0. The highest BCUT2D eigenvalue weighted by Gasteiger charge is 2.22. The van der Waals surface area contributed by atoms with Gasteiger partial charge in [0.05, 0.1) is 11.7 Å². The van der Waals surface area contributed by atoms with Gasteiger partial charge in [0.25, 0.3) is 0 Å². The first-order valence-corrected chi connectivity index (χ1v) is 7.35. The molecule has 128 valence electrons. The van der Waals surface area contributed by atoms with Crippen molar-refractivity contribution in [2.75, 3.05) is 11.9 Å². The Morgan fingerprint density at radius 3 is 2.54 bits per heavy atom. The van der Waals surface area contributed by atoms with Crippen LogP contribution in [0.15, 0.2) is 36.4 Å². The zero-order chi connectivity index (χ0) is 17.9. The van der Waals surface area contributed by atoms with Crippen molar-refractivity contribution in [3.8, 4) is 5.75 Å². The van der Waals surface area contributed by atoms with Crippen molar-refractivity contribution in [3.63, 3.8) is 0 Å². The number of carbonyl (C=O) groups excluding carboxylic acids is 1. The van der Waals surface area contributed by atoms with Crippen LogP contribution in [0.4, 0.5) is 23.7 Å². The number of nitrogens with one attached hydrogen (secondary N) is 1. The summed E-state index contributed by atoms with van der Waals surface area (Å²) in [4.78, 5) is 13.7. The second-order valence-corrected chi connectivity index (χ2v) is 5.21. The van der Waals surface area contributed by atoms with Crippen molar-refractivity contribution < 1.29 is 23.1 Å². The third kappa shape index (κ3) is 3.61. The molecule has 0 radical (unpaired) electrons. The normalized spacial score (nSPS) is 11.9. The highest BCUT2D eigenvalue weighted by Crippen LogP contribution is 2.25. The van der Waals surface area contributed by atoms with Crippen molar-refractivity contribution in [2.45, 2.75) is 19.9 Å². The Kier molecular flexibility index (Phi) is 5.33. The molecule has 0 aliphatic rings. The van der Waals surface area contributed by atoms with E-state index in [1.54, 1.807) is 26.0 Å². The van der Waals surface area contributed by atoms with Gasteiger partial charge in [-0.2, -0.15) is 0 Å². The van der Waals surface area contributed by atoms with Crippen LogP contribution < -0.4 is 5.32 Å². The third-order valence-electron chi connectivity index (χ3n) is 3.70. The summed E-state index contributed by atoms with van der Waals surface area (Å²) < 4.78 is 39.9. The summed E-state index contributed by atoms with van der Waals surface area (Å²) in [6, 6.07) is 7.00. The quantitative estimate of drug-likeness (QED) is 0.811. The molecule has 2 aromatic carbocycles. The van der Waals surface area contributed by atoms with Gasteiger partial charge in [0.15, 0.2) is 17.5 Å². The summed E-state index contributed by atoms with van der Waals surface area (Å²) in [5.74, 6) is -4.37. The molecule has 2 amide bonds. The van der Waals surface area contributed by atoms with E-state index in [1.807, 2.05) is 0 Å². The van der Waals surface area contributed by atoms with Crippen LogP contribution in [0.25, 0.3) is 0 Å². The molecule has 0 heterocycles. The summed E-state index contributed by atoms with van der Waals surface area (Å²) in [7, 11) is 0. The number of phenolic OH excluding ortho intramolecular Hbond substituents is 1. The molecule has 0 saturated heterocycles. The highest BCUT2D eigenvalue weighted by atomic mass is 19.2. The van der Waals surface area contributed by atoms with Crippen LogP contribution in [0, 0.1) is 17.5 Å². The number of nitrogens with zero attached hydrogens (tertiary/aromatic N) is 1. The molecule has 2 rings (SSSR count). The van der Waals surface area contributed by atoms with E-state index in [4.69, 9.17) is 0 Å². The summed E-state index contributed by atoms with van der Waals surface area (Å²) in [6.45, 7) is 3.74. The Bertz CT molecular complexity index is 753. The number of hydrogen-bond acceptors (Lipinski definition) is 2. The monoisotopic (exact) mass is 338 g/mol. The molecule has 2 aromatic rings. The molecule has 7 heteroatoms. The maximum absolute atomic E-state index is 13.7. The van der Waals surface area contributed by atoms with Gasteiger partial charge in [-0.25, -0.2) is 18.0 Å². The van der Waals surface area contributed by atoms with Gasteiger partial charge in [-0.3, -0.25) is 0 Å². The standard InChI is InChI=1S/C17H17F3N2O2/c1-3-22(10(2)11-5-4-6-12(23)9-11)17(24)21-14-8-7-13(18)15(19)16(14)20/h4-10,23H,3H2,1-2H3,(H,21,24). The molecule has 0 spiro atoms. The van der Waals surface area contributed by atoms with Crippen molar-refractivity contribution >= 4 is 11.7 Å². The van der Waals surface area contributed by atoms with Crippen LogP contribution in [0.2, 0.25) is 0 Å². The molecule has 0 aliphatic heterocycles. The van der Waals surface area contributed by atoms with E-state index in [0.29, 0.717) is 5.56 Å². The Balaban J connectivity index is 2.22. The number of urea groups is 1.